The zero-order valence-corrected chi connectivity index (χ0v) is 27.1. The van der Waals surface area contributed by atoms with Crippen LogP contribution in [0.1, 0.15) is 24.6 Å². The number of halogens is 2. The molecule has 2 aliphatic rings. The maximum Gasteiger partial charge on any atom is 0.407 e. The Hall–Kier alpha value is -1.58. The highest BCUT2D eigenvalue weighted by molar-refractivity contribution is 9.10. The molecule has 2 aliphatic heterocycles. The van der Waals surface area contributed by atoms with E-state index in [1.54, 1.807) is 12.1 Å². The molecule has 14 heteroatoms. The van der Waals surface area contributed by atoms with E-state index in [1.165, 1.54) is 12.1 Å². The van der Waals surface area contributed by atoms with Crippen molar-refractivity contribution in [3.8, 4) is 0 Å². The number of aromatic nitrogens is 1. The molecular weight excluding hydrogens is 654 g/mol. The number of hydrogen-bond acceptors (Lipinski definition) is 9. The van der Waals surface area contributed by atoms with Crippen LogP contribution in [-0.4, -0.2) is 93.5 Å². The molecular formula is C25H39Br2N5O6Si. The first-order valence-corrected chi connectivity index (χ1v) is 18.7. The third kappa shape index (κ3) is 9.22. The van der Waals surface area contributed by atoms with Crippen LogP contribution < -0.4 is 16.1 Å². The number of methoxy groups -OCH3 is 1. The number of carbonyl (C=O) groups is 3. The number of nitrogens with zero attached hydrogens (tertiary/aromatic N) is 2. The maximum absolute atomic E-state index is 14.0. The second-order valence-corrected chi connectivity index (χ2v) is 18.3. The Bertz CT molecular complexity index is 1000. The highest BCUT2D eigenvalue weighted by Crippen LogP contribution is 2.30. The summed E-state index contributed by atoms with van der Waals surface area (Å²) in [5.74, 6) is -0.863. The fourth-order valence-electron chi connectivity index (χ4n) is 4.27. The molecule has 2 amide bonds. The van der Waals surface area contributed by atoms with Gasteiger partial charge in [0.1, 0.15) is 16.7 Å². The largest absolute Gasteiger partial charge is 0.468 e. The molecule has 3 rings (SSSR count). The summed E-state index contributed by atoms with van der Waals surface area (Å²) >= 11 is 7.01. The van der Waals surface area contributed by atoms with Gasteiger partial charge in [-0.2, -0.15) is 0 Å². The molecule has 0 unspecified atom stereocenters. The van der Waals surface area contributed by atoms with Gasteiger partial charge in [0.05, 0.1) is 38.7 Å². The molecule has 1 aromatic heterocycles. The van der Waals surface area contributed by atoms with E-state index in [4.69, 9.17) is 14.2 Å². The lowest BCUT2D eigenvalue weighted by atomic mass is 9.87. The lowest BCUT2D eigenvalue weighted by molar-refractivity contribution is -0.150. The molecule has 0 spiro atoms. The lowest BCUT2D eigenvalue weighted by Crippen LogP contribution is -2.63. The Balaban J connectivity index is 1.89. The number of hydrogen-bond donors (Lipinski definition) is 3. The molecule has 0 radical (unpaired) electrons. The molecule has 218 valence electrons. The molecule has 11 nitrogen and oxygen atoms in total. The summed E-state index contributed by atoms with van der Waals surface area (Å²) in [6.07, 6.45) is 0.455. The van der Waals surface area contributed by atoms with Crippen LogP contribution >= 0.6 is 31.9 Å². The number of esters is 1. The van der Waals surface area contributed by atoms with E-state index in [-0.39, 0.29) is 12.0 Å². The highest BCUT2D eigenvalue weighted by Gasteiger charge is 2.42. The van der Waals surface area contributed by atoms with Gasteiger partial charge in [-0.3, -0.25) is 14.6 Å². The van der Waals surface area contributed by atoms with Gasteiger partial charge in [-0.15, -0.1) is 0 Å². The maximum atomic E-state index is 14.0. The van der Waals surface area contributed by atoms with E-state index in [0.717, 1.165) is 6.04 Å². The average molecular weight is 694 g/mol. The van der Waals surface area contributed by atoms with Crippen molar-refractivity contribution >= 4 is 57.9 Å². The van der Waals surface area contributed by atoms with Crippen molar-refractivity contribution in [3.05, 3.63) is 28.5 Å². The summed E-state index contributed by atoms with van der Waals surface area (Å²) < 4.78 is 16.4. The number of hydrazine groups is 1. The average Bonchev–Trinajstić information content (AvgIpc) is 2.87. The topological polar surface area (TPSA) is 131 Å². The number of nitrogens with one attached hydrogen (secondary N) is 3. The van der Waals surface area contributed by atoms with E-state index in [9.17, 15) is 14.4 Å². The first-order chi connectivity index (χ1) is 18.5. The molecule has 0 saturated carbocycles. The van der Waals surface area contributed by atoms with Crippen molar-refractivity contribution in [2.75, 3.05) is 45.4 Å². The molecule has 2 fully saturated rings. The number of carbonyl (C=O) groups excluding carboxylic acids is 3. The molecule has 39 heavy (non-hydrogen) atoms. The smallest absolute Gasteiger partial charge is 0.407 e. The van der Waals surface area contributed by atoms with E-state index >= 15 is 0 Å². The van der Waals surface area contributed by atoms with E-state index in [2.05, 4.69) is 72.5 Å². The number of pyridine rings is 1. The number of rotatable bonds is 12. The van der Waals surface area contributed by atoms with Crippen LogP contribution in [0.15, 0.2) is 22.8 Å². The molecule has 0 bridgehead atoms. The van der Waals surface area contributed by atoms with E-state index in [1.807, 2.05) is 6.07 Å². The standard InChI is InChI=1S/C25H39Br2N5O6Si/c1-36-23(34)18-8-6-10-32(31-18)22(33)21(30-24(35)38-11-12-39(2,3)4)20(17-7-5-9-19(27)29-17)28-14-25(13-26)15-37-16-25/h5,7,9,18,20-21,28,31H,6,8,10-16H2,1-4H3,(H,30,35)/t18-,20+,21-/m0/s1. The van der Waals surface area contributed by atoms with Gasteiger partial charge in [-0.25, -0.2) is 15.2 Å². The van der Waals surface area contributed by atoms with E-state index in [0.29, 0.717) is 54.8 Å². The molecule has 3 N–H and O–H groups in total. The molecule has 3 heterocycles. The van der Waals surface area contributed by atoms with Crippen molar-refractivity contribution in [2.24, 2.45) is 5.41 Å². The predicted molar refractivity (Wildman–Crippen MR) is 156 cm³/mol. The fraction of sp³-hybridized carbons (Fsp3) is 0.680. The van der Waals surface area contributed by atoms with Gasteiger partial charge >= 0.3 is 12.1 Å². The Morgan fingerprint density at radius 2 is 2.05 bits per heavy atom. The SMILES string of the molecule is COC(=O)[C@@H]1CCCN(C(=O)[C@@H](NC(=O)OCC[Si](C)(C)C)[C@H](NCC2(CBr)COC2)c2cccc(Br)n2)N1. The first-order valence-electron chi connectivity index (χ1n) is 13.1. The third-order valence-corrected chi connectivity index (χ3v) is 10.1. The van der Waals surface area contributed by atoms with Gasteiger partial charge in [0, 0.05) is 31.9 Å². The first kappa shape index (κ1) is 31.9. The minimum absolute atomic E-state index is 0.144. The van der Waals surface area contributed by atoms with Crippen molar-refractivity contribution in [3.63, 3.8) is 0 Å². The van der Waals surface area contributed by atoms with Crippen LogP contribution in [-0.2, 0) is 23.8 Å². The van der Waals surface area contributed by atoms with Crippen molar-refractivity contribution in [1.82, 2.24) is 26.1 Å². The lowest BCUT2D eigenvalue weighted by Gasteiger charge is -2.42. The summed E-state index contributed by atoms with van der Waals surface area (Å²) in [6, 6.07) is 3.79. The number of alkyl halides is 1. The van der Waals surface area contributed by atoms with Crippen LogP contribution in [0.25, 0.3) is 0 Å². The quantitative estimate of drug-likeness (QED) is 0.131. The third-order valence-electron chi connectivity index (χ3n) is 6.75. The highest BCUT2D eigenvalue weighted by atomic mass is 79.9. The van der Waals surface area contributed by atoms with Crippen molar-refractivity contribution in [2.45, 2.75) is 56.7 Å². The monoisotopic (exact) mass is 691 g/mol. The molecule has 0 aliphatic carbocycles. The fourth-order valence-corrected chi connectivity index (χ4v) is 5.86. The van der Waals surface area contributed by atoms with Gasteiger partial charge in [-0.05, 0) is 46.9 Å². The summed E-state index contributed by atoms with van der Waals surface area (Å²) in [6.45, 7) is 8.90. The number of alkyl carbamates (subject to hydrolysis) is 1. The van der Waals surface area contributed by atoms with Gasteiger partial charge in [0.15, 0.2) is 0 Å². The predicted octanol–water partition coefficient (Wildman–Crippen LogP) is 2.99. The van der Waals surface area contributed by atoms with Crippen LogP contribution in [0.2, 0.25) is 25.7 Å². The molecule has 3 atom stereocenters. The molecule has 1 aromatic rings. The molecule has 0 aromatic carbocycles. The summed E-state index contributed by atoms with van der Waals surface area (Å²) in [7, 11) is -0.115. The van der Waals surface area contributed by atoms with Gasteiger partial charge in [0.25, 0.3) is 5.91 Å². The van der Waals surface area contributed by atoms with Gasteiger partial charge in [-0.1, -0.05) is 41.6 Å². The molecule has 2 saturated heterocycles. The number of ether oxygens (including phenoxy) is 3. The summed E-state index contributed by atoms with van der Waals surface area (Å²) in [4.78, 5) is 43.9. The van der Waals surface area contributed by atoms with Crippen LogP contribution in [0.3, 0.4) is 0 Å². The van der Waals surface area contributed by atoms with Gasteiger partial charge < -0.3 is 24.8 Å². The second-order valence-electron chi connectivity index (χ2n) is 11.3. The minimum Gasteiger partial charge on any atom is -0.468 e. The Kier molecular flexibility index (Phi) is 11.8. The van der Waals surface area contributed by atoms with E-state index < -0.39 is 44.2 Å². The van der Waals surface area contributed by atoms with Crippen LogP contribution in [0.5, 0.6) is 0 Å². The van der Waals surface area contributed by atoms with Gasteiger partial charge in [0.2, 0.25) is 0 Å². The number of amides is 2. The summed E-state index contributed by atoms with van der Waals surface area (Å²) in [5, 5.41) is 8.40. The van der Waals surface area contributed by atoms with Crippen LogP contribution in [0.4, 0.5) is 4.79 Å². The van der Waals surface area contributed by atoms with Crippen molar-refractivity contribution < 1.29 is 28.6 Å². The Morgan fingerprint density at radius 1 is 1.31 bits per heavy atom. The zero-order chi connectivity index (χ0) is 28.6. The zero-order valence-electron chi connectivity index (χ0n) is 22.9. The Labute approximate surface area is 247 Å². The second kappa shape index (κ2) is 14.4. The normalized spacial score (nSPS) is 20.4. The minimum atomic E-state index is -1.43. The summed E-state index contributed by atoms with van der Waals surface area (Å²) in [5.41, 5.74) is 3.40. The van der Waals surface area contributed by atoms with Crippen LogP contribution in [0, 0.1) is 5.41 Å². The Morgan fingerprint density at radius 3 is 2.64 bits per heavy atom. The van der Waals surface area contributed by atoms with Crippen molar-refractivity contribution in [1.29, 1.82) is 0 Å².